The third kappa shape index (κ3) is 3.77. The third-order valence-electron chi connectivity index (χ3n) is 2.49. The van der Waals surface area contributed by atoms with Crippen molar-refractivity contribution in [1.82, 2.24) is 0 Å². The Labute approximate surface area is 123 Å². The molecule has 0 bridgehead atoms. The number of benzene rings is 2. The predicted octanol–water partition coefficient (Wildman–Crippen LogP) is 3.78. The van der Waals surface area contributed by atoms with Crippen LogP contribution < -0.4 is 10.6 Å². The maximum Gasteiger partial charge on any atom is 0.243 e. The predicted molar refractivity (Wildman–Crippen MR) is 77.6 cm³/mol. The van der Waals surface area contributed by atoms with Crippen LogP contribution in [0.1, 0.15) is 0 Å². The van der Waals surface area contributed by atoms with Crippen molar-refractivity contribution in [1.29, 1.82) is 0 Å². The van der Waals surface area contributed by atoms with Gasteiger partial charge >= 0.3 is 0 Å². The van der Waals surface area contributed by atoms with Gasteiger partial charge in [-0.2, -0.15) is 0 Å². The lowest BCUT2D eigenvalue weighted by Crippen LogP contribution is -2.22. The Morgan fingerprint density at radius 3 is 2.50 bits per heavy atom. The Morgan fingerprint density at radius 2 is 1.85 bits per heavy atom. The molecule has 0 saturated carbocycles. The van der Waals surface area contributed by atoms with E-state index in [1.54, 1.807) is 24.3 Å². The number of rotatable bonds is 4. The molecule has 2 N–H and O–H groups in total. The SMILES string of the molecule is O=C(CNc1c(F)cc(F)cc1Br)Nc1ccccc1. The van der Waals surface area contributed by atoms with Gasteiger partial charge in [-0.05, 0) is 34.1 Å². The zero-order chi connectivity index (χ0) is 14.5. The van der Waals surface area contributed by atoms with Gasteiger partial charge in [-0.1, -0.05) is 18.2 Å². The van der Waals surface area contributed by atoms with Crippen LogP contribution in [0.3, 0.4) is 0 Å². The van der Waals surface area contributed by atoms with Gasteiger partial charge in [-0.25, -0.2) is 8.78 Å². The maximum absolute atomic E-state index is 13.5. The van der Waals surface area contributed by atoms with E-state index in [0.717, 1.165) is 12.1 Å². The highest BCUT2D eigenvalue weighted by Gasteiger charge is 2.10. The first-order valence-electron chi connectivity index (χ1n) is 5.79. The molecular weight excluding hydrogens is 330 g/mol. The Balaban J connectivity index is 1.97. The van der Waals surface area contributed by atoms with Gasteiger partial charge in [-0.15, -0.1) is 0 Å². The van der Waals surface area contributed by atoms with E-state index in [1.807, 2.05) is 6.07 Å². The smallest absolute Gasteiger partial charge is 0.243 e. The summed E-state index contributed by atoms with van der Waals surface area (Å²) in [6, 6.07) is 10.8. The molecule has 0 aromatic heterocycles. The largest absolute Gasteiger partial charge is 0.373 e. The molecule has 0 aliphatic carbocycles. The quantitative estimate of drug-likeness (QED) is 0.889. The summed E-state index contributed by atoms with van der Waals surface area (Å²) in [6.45, 7) is -0.129. The van der Waals surface area contributed by atoms with Crippen LogP contribution >= 0.6 is 15.9 Å². The van der Waals surface area contributed by atoms with Crippen molar-refractivity contribution >= 4 is 33.2 Å². The Bertz CT molecular complexity index is 597. The van der Waals surface area contributed by atoms with Gasteiger partial charge < -0.3 is 10.6 Å². The van der Waals surface area contributed by atoms with Crippen molar-refractivity contribution in [3.63, 3.8) is 0 Å². The molecule has 104 valence electrons. The van der Waals surface area contributed by atoms with Crippen molar-refractivity contribution in [3.05, 3.63) is 58.6 Å². The van der Waals surface area contributed by atoms with Gasteiger partial charge in [0, 0.05) is 16.2 Å². The molecule has 2 rings (SSSR count). The summed E-state index contributed by atoms with van der Waals surface area (Å²) in [6.07, 6.45) is 0. The fourth-order valence-electron chi connectivity index (χ4n) is 1.61. The number of para-hydroxylation sites is 1. The standard InChI is InChI=1S/C14H11BrF2N2O/c15-11-6-9(16)7-12(17)14(11)18-8-13(20)19-10-4-2-1-3-5-10/h1-7,18H,8H2,(H,19,20). The highest BCUT2D eigenvalue weighted by atomic mass is 79.9. The van der Waals surface area contributed by atoms with Gasteiger partial charge in [0.1, 0.15) is 11.6 Å². The Kier molecular flexibility index (Phi) is 4.68. The van der Waals surface area contributed by atoms with E-state index in [4.69, 9.17) is 0 Å². The molecule has 2 aromatic rings. The van der Waals surface area contributed by atoms with Crippen LogP contribution in [0.15, 0.2) is 46.9 Å². The fraction of sp³-hybridized carbons (Fsp3) is 0.0714. The summed E-state index contributed by atoms with van der Waals surface area (Å²) in [5.41, 5.74) is 0.701. The summed E-state index contributed by atoms with van der Waals surface area (Å²) in [5, 5.41) is 5.28. The monoisotopic (exact) mass is 340 g/mol. The minimum Gasteiger partial charge on any atom is -0.373 e. The molecule has 0 saturated heterocycles. The van der Waals surface area contributed by atoms with Crippen molar-refractivity contribution in [2.75, 3.05) is 17.2 Å². The molecule has 1 amide bonds. The van der Waals surface area contributed by atoms with E-state index >= 15 is 0 Å². The number of amides is 1. The summed E-state index contributed by atoms with van der Waals surface area (Å²) < 4.78 is 26.7. The van der Waals surface area contributed by atoms with Crippen molar-refractivity contribution in [2.45, 2.75) is 0 Å². The van der Waals surface area contributed by atoms with E-state index in [2.05, 4.69) is 26.6 Å². The molecule has 20 heavy (non-hydrogen) atoms. The first-order chi connectivity index (χ1) is 9.56. The second-order valence-corrected chi connectivity index (χ2v) is 4.87. The molecule has 0 heterocycles. The number of carbonyl (C=O) groups is 1. The minimum absolute atomic E-state index is 0.0506. The number of halogens is 3. The minimum atomic E-state index is -0.760. The lowest BCUT2D eigenvalue weighted by Gasteiger charge is -2.10. The summed E-state index contributed by atoms with van der Waals surface area (Å²) in [7, 11) is 0. The molecule has 0 radical (unpaired) electrons. The van der Waals surface area contributed by atoms with Crippen LogP contribution in [-0.4, -0.2) is 12.5 Å². The van der Waals surface area contributed by atoms with Crippen LogP contribution in [0.2, 0.25) is 0 Å². The van der Waals surface area contributed by atoms with Crippen LogP contribution in [0.4, 0.5) is 20.2 Å². The molecule has 0 fully saturated rings. The second kappa shape index (κ2) is 6.47. The fourth-order valence-corrected chi connectivity index (χ4v) is 2.15. The van der Waals surface area contributed by atoms with Crippen LogP contribution in [-0.2, 0) is 4.79 Å². The first kappa shape index (κ1) is 14.5. The average Bonchev–Trinajstić information content (AvgIpc) is 2.38. The Hall–Kier alpha value is -1.95. The summed E-state index contributed by atoms with van der Waals surface area (Å²) >= 11 is 3.04. The van der Waals surface area contributed by atoms with Gasteiger partial charge in [-0.3, -0.25) is 4.79 Å². The molecule has 2 aromatic carbocycles. The van der Waals surface area contributed by atoms with E-state index in [-0.39, 0.29) is 22.6 Å². The van der Waals surface area contributed by atoms with Crippen LogP contribution in [0.5, 0.6) is 0 Å². The molecule has 0 unspecified atom stereocenters. The zero-order valence-corrected chi connectivity index (χ0v) is 11.9. The first-order valence-corrected chi connectivity index (χ1v) is 6.59. The van der Waals surface area contributed by atoms with Crippen molar-refractivity contribution < 1.29 is 13.6 Å². The Morgan fingerprint density at radius 1 is 1.15 bits per heavy atom. The summed E-state index contributed by atoms with van der Waals surface area (Å²) in [5.74, 6) is -1.77. The molecule has 0 aliphatic heterocycles. The van der Waals surface area contributed by atoms with Gasteiger partial charge in [0.2, 0.25) is 5.91 Å². The highest BCUT2D eigenvalue weighted by molar-refractivity contribution is 9.10. The van der Waals surface area contributed by atoms with E-state index in [9.17, 15) is 13.6 Å². The molecular formula is C14H11BrF2N2O. The topological polar surface area (TPSA) is 41.1 Å². The van der Waals surface area contributed by atoms with Crippen LogP contribution in [0.25, 0.3) is 0 Å². The normalized spacial score (nSPS) is 10.2. The number of hydrogen-bond acceptors (Lipinski definition) is 2. The van der Waals surface area contributed by atoms with E-state index < -0.39 is 11.6 Å². The molecule has 0 aliphatic rings. The summed E-state index contributed by atoms with van der Waals surface area (Å²) in [4.78, 5) is 11.7. The molecule has 3 nitrogen and oxygen atoms in total. The second-order valence-electron chi connectivity index (χ2n) is 4.01. The lowest BCUT2D eigenvalue weighted by atomic mass is 10.3. The lowest BCUT2D eigenvalue weighted by molar-refractivity contribution is -0.114. The number of carbonyl (C=O) groups excluding carboxylic acids is 1. The van der Waals surface area contributed by atoms with Gasteiger partial charge in [0.15, 0.2) is 0 Å². The third-order valence-corrected chi connectivity index (χ3v) is 3.12. The molecule has 0 spiro atoms. The number of nitrogens with one attached hydrogen (secondary N) is 2. The van der Waals surface area contributed by atoms with Gasteiger partial charge in [0.25, 0.3) is 0 Å². The number of anilines is 2. The van der Waals surface area contributed by atoms with E-state index in [1.165, 1.54) is 0 Å². The number of hydrogen-bond donors (Lipinski definition) is 2. The van der Waals surface area contributed by atoms with Crippen molar-refractivity contribution in [3.8, 4) is 0 Å². The van der Waals surface area contributed by atoms with Crippen molar-refractivity contribution in [2.24, 2.45) is 0 Å². The molecule has 0 atom stereocenters. The maximum atomic E-state index is 13.5. The molecule has 6 heteroatoms. The van der Waals surface area contributed by atoms with Gasteiger partial charge in [0.05, 0.1) is 12.2 Å². The highest BCUT2D eigenvalue weighted by Crippen LogP contribution is 2.26. The zero-order valence-electron chi connectivity index (χ0n) is 10.3. The van der Waals surface area contributed by atoms with Crippen LogP contribution in [0, 0.1) is 11.6 Å². The average molecular weight is 341 g/mol. The van der Waals surface area contributed by atoms with E-state index in [0.29, 0.717) is 5.69 Å².